The molecule has 5 heteroatoms. The van der Waals surface area contributed by atoms with E-state index in [2.05, 4.69) is 5.32 Å². The van der Waals surface area contributed by atoms with Crippen molar-refractivity contribution in [3.63, 3.8) is 0 Å². The third-order valence-corrected chi connectivity index (χ3v) is 5.77. The summed E-state index contributed by atoms with van der Waals surface area (Å²) in [6, 6.07) is 0.272. The highest BCUT2D eigenvalue weighted by molar-refractivity contribution is 7.91. The van der Waals surface area contributed by atoms with Crippen molar-refractivity contribution in [3.8, 4) is 0 Å². The molecule has 0 aromatic heterocycles. The minimum atomic E-state index is -2.83. The summed E-state index contributed by atoms with van der Waals surface area (Å²) < 4.78 is 28.5. The quantitative estimate of drug-likeness (QED) is 0.718. The summed E-state index contributed by atoms with van der Waals surface area (Å²) >= 11 is 0. The molecule has 1 aliphatic carbocycles. The van der Waals surface area contributed by atoms with Crippen molar-refractivity contribution in [1.29, 1.82) is 0 Å². The zero-order chi connectivity index (χ0) is 12.9. The van der Waals surface area contributed by atoms with Gasteiger partial charge in [-0.25, -0.2) is 8.42 Å². The summed E-state index contributed by atoms with van der Waals surface area (Å²) in [6.07, 6.45) is 4.95. The molecule has 0 radical (unpaired) electrons. The Kier molecular flexibility index (Phi) is 5.41. The summed E-state index contributed by atoms with van der Waals surface area (Å²) in [4.78, 5) is 0. The molecule has 1 saturated carbocycles. The van der Waals surface area contributed by atoms with Crippen molar-refractivity contribution in [2.45, 2.75) is 50.7 Å². The molecule has 0 saturated heterocycles. The van der Waals surface area contributed by atoms with Gasteiger partial charge in [-0.05, 0) is 39.2 Å². The van der Waals surface area contributed by atoms with Gasteiger partial charge >= 0.3 is 0 Å². The van der Waals surface area contributed by atoms with Crippen molar-refractivity contribution in [1.82, 2.24) is 5.32 Å². The highest BCUT2D eigenvalue weighted by Gasteiger charge is 2.43. The molecule has 1 atom stereocenters. The number of ether oxygens (including phenoxy) is 1. The first-order chi connectivity index (χ1) is 7.99. The van der Waals surface area contributed by atoms with Crippen LogP contribution < -0.4 is 5.32 Å². The highest BCUT2D eigenvalue weighted by Crippen LogP contribution is 2.39. The van der Waals surface area contributed by atoms with Crippen LogP contribution >= 0.6 is 0 Å². The normalized spacial score (nSPS) is 20.9. The molecule has 1 unspecified atom stereocenters. The Hall–Kier alpha value is -0.130. The molecule has 0 spiro atoms. The Morgan fingerprint density at radius 2 is 2.06 bits per heavy atom. The molecular weight excluding hydrogens is 238 g/mol. The van der Waals surface area contributed by atoms with Gasteiger partial charge in [-0.3, -0.25) is 0 Å². The fourth-order valence-electron chi connectivity index (χ4n) is 2.54. The Morgan fingerprint density at radius 1 is 1.41 bits per heavy atom. The zero-order valence-electron chi connectivity index (χ0n) is 11.2. The predicted molar refractivity (Wildman–Crippen MR) is 70.0 cm³/mol. The van der Waals surface area contributed by atoms with Crippen LogP contribution in [0.25, 0.3) is 0 Å². The lowest BCUT2D eigenvalue weighted by atomic mass is 9.73. The predicted octanol–water partition coefficient (Wildman–Crippen LogP) is 1.36. The minimum absolute atomic E-state index is 0.0509. The number of methoxy groups -OCH3 is 1. The van der Waals surface area contributed by atoms with Gasteiger partial charge in [0.05, 0.1) is 11.4 Å². The average molecular weight is 263 g/mol. The molecule has 1 rings (SSSR count). The van der Waals surface area contributed by atoms with Gasteiger partial charge in [-0.15, -0.1) is 0 Å². The van der Waals surface area contributed by atoms with Gasteiger partial charge < -0.3 is 10.1 Å². The van der Waals surface area contributed by atoms with Crippen molar-refractivity contribution in [3.05, 3.63) is 0 Å². The summed E-state index contributed by atoms with van der Waals surface area (Å²) in [5.74, 6) is 0.536. The molecule has 0 bridgehead atoms. The largest absolute Gasteiger partial charge is 0.377 e. The molecule has 1 fully saturated rings. The lowest BCUT2D eigenvalue weighted by molar-refractivity contribution is -0.0985. The van der Waals surface area contributed by atoms with Gasteiger partial charge in [-0.1, -0.05) is 6.92 Å². The summed E-state index contributed by atoms with van der Waals surface area (Å²) in [6.45, 7) is 1.70. The third-order valence-electron chi connectivity index (χ3n) is 3.98. The van der Waals surface area contributed by atoms with Gasteiger partial charge in [0.15, 0.2) is 0 Å². The van der Waals surface area contributed by atoms with E-state index in [1.54, 1.807) is 14.0 Å². The van der Waals surface area contributed by atoms with Gasteiger partial charge in [0.25, 0.3) is 0 Å². The Bertz CT molecular complexity index is 317. The molecule has 1 aliphatic rings. The van der Waals surface area contributed by atoms with Crippen molar-refractivity contribution >= 4 is 9.84 Å². The number of nitrogens with one attached hydrogen (secondary N) is 1. The van der Waals surface area contributed by atoms with E-state index in [1.165, 1.54) is 6.42 Å². The summed E-state index contributed by atoms with van der Waals surface area (Å²) in [5, 5.41) is 3.28. The van der Waals surface area contributed by atoms with Crippen molar-refractivity contribution < 1.29 is 13.2 Å². The van der Waals surface area contributed by atoms with Gasteiger partial charge in [0.1, 0.15) is 9.84 Å². The van der Waals surface area contributed by atoms with E-state index in [9.17, 15) is 8.42 Å². The number of likely N-dealkylation sites (N-methyl/N-ethyl adjacent to an activating group) is 1. The number of rotatable bonds is 8. The summed E-state index contributed by atoms with van der Waals surface area (Å²) in [5.41, 5.74) is -0.0509. The fraction of sp³-hybridized carbons (Fsp3) is 1.00. The Morgan fingerprint density at radius 3 is 2.41 bits per heavy atom. The molecule has 4 nitrogen and oxygen atoms in total. The molecule has 0 aliphatic heterocycles. The van der Waals surface area contributed by atoms with E-state index in [1.807, 2.05) is 7.05 Å². The monoisotopic (exact) mass is 263 g/mol. The smallest absolute Gasteiger partial charge is 0.150 e. The van der Waals surface area contributed by atoms with Gasteiger partial charge in [-0.2, -0.15) is 0 Å². The topological polar surface area (TPSA) is 55.4 Å². The van der Waals surface area contributed by atoms with Crippen LogP contribution in [-0.2, 0) is 14.6 Å². The van der Waals surface area contributed by atoms with Crippen molar-refractivity contribution in [2.24, 2.45) is 0 Å². The van der Waals surface area contributed by atoms with E-state index in [4.69, 9.17) is 4.74 Å². The molecule has 17 heavy (non-hydrogen) atoms. The van der Waals surface area contributed by atoms with Gasteiger partial charge in [0.2, 0.25) is 0 Å². The second-order valence-corrected chi connectivity index (χ2v) is 7.32. The van der Waals surface area contributed by atoms with Crippen LogP contribution in [0.1, 0.15) is 39.0 Å². The van der Waals surface area contributed by atoms with Crippen LogP contribution in [-0.4, -0.2) is 45.7 Å². The molecule has 0 aromatic rings. The van der Waals surface area contributed by atoms with E-state index in [-0.39, 0.29) is 17.4 Å². The number of hydrogen-bond acceptors (Lipinski definition) is 4. The van der Waals surface area contributed by atoms with E-state index < -0.39 is 9.84 Å². The third kappa shape index (κ3) is 3.66. The number of sulfone groups is 1. The second kappa shape index (κ2) is 6.16. The maximum absolute atomic E-state index is 11.4. The minimum Gasteiger partial charge on any atom is -0.377 e. The molecule has 0 heterocycles. The molecule has 0 aromatic carbocycles. The van der Waals surface area contributed by atoms with Crippen LogP contribution in [0.4, 0.5) is 0 Å². The average Bonchev–Trinajstić information content (AvgIpc) is 2.26. The fourth-order valence-corrected chi connectivity index (χ4v) is 3.44. The highest BCUT2D eigenvalue weighted by atomic mass is 32.2. The standard InChI is InChI=1S/C12H25NO3S/c1-4-17(14,15)10-5-7-11(13-2)12(16-3)8-6-9-12/h11,13H,4-10H2,1-3H3. The van der Waals surface area contributed by atoms with Crippen LogP contribution in [0.3, 0.4) is 0 Å². The lowest BCUT2D eigenvalue weighted by Crippen LogP contribution is -2.55. The van der Waals surface area contributed by atoms with Gasteiger partial charge in [0, 0.05) is 18.9 Å². The van der Waals surface area contributed by atoms with Crippen molar-refractivity contribution in [2.75, 3.05) is 25.7 Å². The Labute approximate surface area is 105 Å². The molecule has 1 N–H and O–H groups in total. The Balaban J connectivity index is 2.43. The van der Waals surface area contributed by atoms with E-state index in [0.717, 1.165) is 19.3 Å². The van der Waals surface area contributed by atoms with Crippen LogP contribution in [0.15, 0.2) is 0 Å². The first kappa shape index (κ1) is 14.9. The van der Waals surface area contributed by atoms with Crippen LogP contribution in [0.5, 0.6) is 0 Å². The maximum Gasteiger partial charge on any atom is 0.150 e. The first-order valence-corrected chi connectivity index (χ1v) is 8.24. The first-order valence-electron chi connectivity index (χ1n) is 6.42. The SMILES string of the molecule is CCS(=O)(=O)CCCC(NC)C1(OC)CCC1. The number of hydrogen-bond donors (Lipinski definition) is 1. The van der Waals surface area contributed by atoms with Crippen LogP contribution in [0, 0.1) is 0 Å². The van der Waals surface area contributed by atoms with E-state index in [0.29, 0.717) is 12.2 Å². The lowest BCUT2D eigenvalue weighted by Gasteiger charge is -2.46. The second-order valence-electron chi connectivity index (χ2n) is 4.84. The van der Waals surface area contributed by atoms with Crippen LogP contribution in [0.2, 0.25) is 0 Å². The maximum atomic E-state index is 11.4. The molecule has 0 amide bonds. The molecular formula is C12H25NO3S. The zero-order valence-corrected chi connectivity index (χ0v) is 12.0. The van der Waals surface area contributed by atoms with E-state index >= 15 is 0 Å². The summed E-state index contributed by atoms with van der Waals surface area (Å²) in [7, 11) is 0.852. The molecule has 102 valence electrons.